The molecule has 364 valence electrons. The molecule has 0 spiro atoms. The van der Waals surface area contributed by atoms with E-state index >= 15 is 0 Å². The molecule has 0 radical (unpaired) electrons. The topological polar surface area (TPSA) is 78.0 Å². The molecule has 4 aromatic rings. The van der Waals surface area contributed by atoms with Crippen molar-refractivity contribution in [2.45, 2.75) is 87.4 Å². The monoisotopic (exact) mass is 962 g/mol. The molecule has 2 unspecified atom stereocenters. The van der Waals surface area contributed by atoms with E-state index in [1.54, 1.807) is 0 Å². The fraction of sp³-hybridized carbons (Fsp3) is 0.474. The predicted molar refractivity (Wildman–Crippen MR) is 287 cm³/mol. The summed E-state index contributed by atoms with van der Waals surface area (Å²) in [5.41, 5.74) is 6.79. The quantitative estimate of drug-likeness (QED) is 0.0301. The van der Waals surface area contributed by atoms with Gasteiger partial charge in [0.1, 0.15) is 11.5 Å². The minimum Gasteiger partial charge on any atom is -0.493 e. The first kappa shape index (κ1) is 51.2. The lowest BCUT2D eigenvalue weighted by atomic mass is 9.87. The third kappa shape index (κ3) is 13.6. The molecule has 2 N–H and O–H groups in total. The number of hydrogen-bond donors (Lipinski definition) is 2. The Labute approximate surface area is 416 Å². The zero-order valence-corrected chi connectivity index (χ0v) is 43.4. The van der Waals surface area contributed by atoms with Crippen LogP contribution in [0.2, 0.25) is 0 Å². The van der Waals surface area contributed by atoms with Gasteiger partial charge in [0.25, 0.3) is 0 Å². The molecular weight excluding hydrogens is 886 g/mol. The Hall–Kier alpha value is -4.64. The summed E-state index contributed by atoms with van der Waals surface area (Å²) in [4.78, 5) is 17.1. The van der Waals surface area contributed by atoms with Crippen LogP contribution in [-0.4, -0.2) is 128 Å². The van der Waals surface area contributed by atoms with Crippen LogP contribution in [-0.2, 0) is 4.87 Å². The average molecular weight is 963 g/mol. The number of alkyl halides is 2. The molecule has 0 saturated carbocycles. The number of unbranched alkanes of at least 4 members (excludes halogenated alkanes) is 7. The lowest BCUT2D eigenvalue weighted by Gasteiger charge is -2.36. The number of fused-ring (bicyclic) bond motifs is 6. The minimum absolute atomic E-state index is 0.654. The highest BCUT2D eigenvalue weighted by molar-refractivity contribution is 6.39. The lowest BCUT2D eigenvalue weighted by Crippen LogP contribution is -2.42. The van der Waals surface area contributed by atoms with Crippen molar-refractivity contribution in [3.63, 3.8) is 0 Å². The van der Waals surface area contributed by atoms with Crippen molar-refractivity contribution in [1.82, 2.24) is 14.9 Å². The van der Waals surface area contributed by atoms with E-state index < -0.39 is 9.87 Å². The molecule has 0 saturated heterocycles. The van der Waals surface area contributed by atoms with Crippen LogP contribution in [0.15, 0.2) is 113 Å². The van der Waals surface area contributed by atoms with E-state index in [-0.39, 0.29) is 0 Å². The standard InChI is InChI=1S/C57H77Cl2N7O2/c1-8-9-10-11-12-13-14-15-36-65(4,5)38-17-41-68-51-28-21-45(22-29-51)57(59)54-32-25-48(62-54)42-46-23-30-52(60-46)55(53-31-24-47(61-53)43-49-33-34-56(57,58)63-49)44-19-26-50(27-20-44)67-40-18-39-66(6,7)37-16-35-64(2)3/h19-34,42-43,61-62H,8-18,35-41H2,1-7H3/q+2. The molecule has 2 aromatic heterocycles. The van der Waals surface area contributed by atoms with E-state index in [9.17, 15) is 0 Å². The predicted octanol–water partition coefficient (Wildman–Crippen LogP) is 10.6. The largest absolute Gasteiger partial charge is 0.493 e. The summed E-state index contributed by atoms with van der Waals surface area (Å²) >= 11 is 15.5. The maximum atomic E-state index is 7.88. The van der Waals surface area contributed by atoms with Gasteiger partial charge in [-0.05, 0) is 123 Å². The SMILES string of the molecule is CCCCCCCCCC[N+](C)(C)CCCOc1ccc(C2(Cl)c3ccc([nH]3)C=C3C=CC(=N3)C(c3ccc(OCCC[N+](C)(C)CCCN(C)C)cc3)=c3ccc([nH]3)=CC3=NC2(Cl)C=C3)cc1. The second-order valence-corrected chi connectivity index (χ2v) is 21.8. The van der Waals surface area contributed by atoms with Crippen molar-refractivity contribution in [1.29, 1.82) is 0 Å². The molecule has 9 nitrogen and oxygen atoms in total. The Morgan fingerprint density at radius 1 is 0.632 bits per heavy atom. The van der Waals surface area contributed by atoms with E-state index in [2.05, 4.69) is 107 Å². The number of benzene rings is 2. The summed E-state index contributed by atoms with van der Waals surface area (Å²) in [6.07, 6.45) is 26.0. The van der Waals surface area contributed by atoms with Crippen LogP contribution in [0.4, 0.5) is 0 Å². The summed E-state index contributed by atoms with van der Waals surface area (Å²) < 4.78 is 14.5. The van der Waals surface area contributed by atoms with Crippen molar-refractivity contribution < 1.29 is 18.4 Å². The number of ether oxygens (including phenoxy) is 2. The van der Waals surface area contributed by atoms with Crippen LogP contribution in [0.3, 0.4) is 0 Å². The van der Waals surface area contributed by atoms with Crippen LogP contribution in [0.25, 0.3) is 17.7 Å². The number of nitrogens with zero attached hydrogens (tertiary/aromatic N) is 5. The molecular formula is C57H77Cl2N7O2+2. The Balaban J connectivity index is 1.05. The Bertz CT molecular complexity index is 2560. The molecule has 2 atom stereocenters. The first-order valence-corrected chi connectivity index (χ1v) is 25.9. The molecule has 0 amide bonds. The van der Waals surface area contributed by atoms with Gasteiger partial charge in [-0.2, -0.15) is 0 Å². The first-order valence-electron chi connectivity index (χ1n) is 25.2. The molecule has 2 aromatic carbocycles. The summed E-state index contributed by atoms with van der Waals surface area (Å²) in [6, 6.07) is 24.5. The molecule has 7 rings (SSSR count). The van der Waals surface area contributed by atoms with Crippen LogP contribution in [0, 0.1) is 0 Å². The molecule has 3 aliphatic rings. The van der Waals surface area contributed by atoms with Gasteiger partial charge in [-0.25, -0.2) is 4.99 Å². The van der Waals surface area contributed by atoms with Gasteiger partial charge in [0.05, 0.1) is 84.7 Å². The maximum absolute atomic E-state index is 7.88. The third-order valence-electron chi connectivity index (χ3n) is 13.6. The Kier molecular flexibility index (Phi) is 17.6. The summed E-state index contributed by atoms with van der Waals surface area (Å²) in [7, 11) is 13.6. The number of aromatic nitrogens is 2. The first-order chi connectivity index (χ1) is 32.6. The van der Waals surface area contributed by atoms with Crippen LogP contribution in [0.1, 0.15) is 100 Å². The second kappa shape index (κ2) is 23.3. The van der Waals surface area contributed by atoms with Crippen molar-refractivity contribution in [2.24, 2.45) is 9.98 Å². The van der Waals surface area contributed by atoms with E-state index in [0.717, 1.165) is 110 Å². The maximum Gasteiger partial charge on any atom is 0.181 e. The van der Waals surface area contributed by atoms with Gasteiger partial charge < -0.3 is 33.3 Å². The Morgan fingerprint density at radius 3 is 1.91 bits per heavy atom. The van der Waals surface area contributed by atoms with Crippen LogP contribution in [0.5, 0.6) is 11.5 Å². The van der Waals surface area contributed by atoms with Crippen molar-refractivity contribution in [2.75, 3.05) is 88.2 Å². The van der Waals surface area contributed by atoms with Gasteiger partial charge in [-0.1, -0.05) is 81.3 Å². The fourth-order valence-electron chi connectivity index (χ4n) is 9.55. The molecule has 11 heteroatoms. The number of aliphatic imine (C=N–C) groups is 2. The summed E-state index contributed by atoms with van der Waals surface area (Å²) in [5.74, 6) is 1.66. The van der Waals surface area contributed by atoms with Crippen LogP contribution >= 0.6 is 23.2 Å². The highest BCUT2D eigenvalue weighted by atomic mass is 35.5. The number of nitrogens with one attached hydrogen (secondary N) is 2. The van der Waals surface area contributed by atoms with Crippen molar-refractivity contribution >= 4 is 52.4 Å². The fourth-order valence-corrected chi connectivity index (χ4v) is 10.3. The highest BCUT2D eigenvalue weighted by Gasteiger charge is 2.53. The normalized spacial score (nSPS) is 19.0. The number of quaternary nitrogens is 2. The van der Waals surface area contributed by atoms with Gasteiger partial charge in [0.15, 0.2) is 9.87 Å². The molecule has 0 fully saturated rings. The van der Waals surface area contributed by atoms with Gasteiger partial charge in [-0.3, -0.25) is 4.99 Å². The average Bonchev–Trinajstić information content (AvgIpc) is 4.15. The molecule has 3 aliphatic heterocycles. The molecule has 0 aliphatic carbocycles. The molecule has 8 bridgehead atoms. The summed E-state index contributed by atoms with van der Waals surface area (Å²) in [6.45, 7) is 9.23. The number of hydrogen-bond acceptors (Lipinski definition) is 5. The number of allylic oxidation sites excluding steroid dienone is 3. The Morgan fingerprint density at radius 2 is 1.25 bits per heavy atom. The van der Waals surface area contributed by atoms with E-state index in [1.807, 2.05) is 66.8 Å². The smallest absolute Gasteiger partial charge is 0.181 e. The third-order valence-corrected chi connectivity index (χ3v) is 14.9. The van der Waals surface area contributed by atoms with Gasteiger partial charge >= 0.3 is 0 Å². The van der Waals surface area contributed by atoms with E-state index in [0.29, 0.717) is 18.9 Å². The van der Waals surface area contributed by atoms with Gasteiger partial charge in [-0.15, -0.1) is 11.6 Å². The van der Waals surface area contributed by atoms with Crippen molar-refractivity contribution in [3.8, 4) is 11.5 Å². The van der Waals surface area contributed by atoms with E-state index in [4.69, 9.17) is 42.7 Å². The minimum atomic E-state index is -1.34. The zero-order valence-electron chi connectivity index (χ0n) is 41.9. The van der Waals surface area contributed by atoms with Crippen LogP contribution < -0.4 is 20.2 Å². The van der Waals surface area contributed by atoms with E-state index in [1.165, 1.54) is 64.3 Å². The molecule has 5 heterocycles. The van der Waals surface area contributed by atoms with Gasteiger partial charge in [0.2, 0.25) is 0 Å². The lowest BCUT2D eigenvalue weighted by molar-refractivity contribution is -0.890. The number of rotatable bonds is 25. The molecule has 68 heavy (non-hydrogen) atoms. The zero-order chi connectivity index (χ0) is 48.2. The second-order valence-electron chi connectivity index (χ2n) is 20.6. The highest BCUT2D eigenvalue weighted by Crippen LogP contribution is 2.52. The number of halogens is 2. The van der Waals surface area contributed by atoms with Crippen molar-refractivity contribution in [3.05, 3.63) is 136 Å². The van der Waals surface area contributed by atoms with Gasteiger partial charge in [0, 0.05) is 53.5 Å². The number of H-pyrrole nitrogens is 2. The number of aromatic amines is 2. The summed E-state index contributed by atoms with van der Waals surface area (Å²) in [5, 5.41) is 1.82.